The number of benzene rings is 2. The Morgan fingerprint density at radius 2 is 1.70 bits per heavy atom. The molecule has 0 atom stereocenters. The fourth-order valence-corrected chi connectivity index (χ4v) is 2.88. The fourth-order valence-electron chi connectivity index (χ4n) is 2.21. The van der Waals surface area contributed by atoms with E-state index in [1.54, 1.807) is 0 Å². The fraction of sp³-hybridized carbons (Fsp3) is 0.111. The molecule has 0 aliphatic heterocycles. The van der Waals surface area contributed by atoms with E-state index in [4.69, 9.17) is 0 Å². The Labute approximate surface area is 155 Å². The van der Waals surface area contributed by atoms with Crippen molar-refractivity contribution in [3.8, 4) is 11.3 Å². The summed E-state index contributed by atoms with van der Waals surface area (Å²) in [5.74, 6) is -4.93. The standard InChI is InChI=1S/C18H12F5N3S/c19-17(20,18(21,22)23)14-8-4-5-12(9-14)10-24-26-16-25-15(11-27-16)13-6-2-1-3-7-13/h1-11H,(H,25,26). The highest BCUT2D eigenvalue weighted by Gasteiger charge is 2.58. The molecule has 0 radical (unpaired) electrons. The molecule has 0 saturated carbocycles. The van der Waals surface area contributed by atoms with Gasteiger partial charge in [0.1, 0.15) is 0 Å². The molecule has 0 spiro atoms. The Kier molecular flexibility index (Phi) is 5.22. The van der Waals surface area contributed by atoms with Crippen molar-refractivity contribution < 1.29 is 22.0 Å². The van der Waals surface area contributed by atoms with Crippen molar-refractivity contribution in [2.45, 2.75) is 12.1 Å². The van der Waals surface area contributed by atoms with Crippen LogP contribution in [-0.2, 0) is 5.92 Å². The first-order chi connectivity index (χ1) is 12.8. The monoisotopic (exact) mass is 397 g/mol. The van der Waals surface area contributed by atoms with Crippen LogP contribution in [0.2, 0.25) is 0 Å². The molecule has 0 unspecified atom stereocenters. The Bertz CT molecular complexity index is 935. The molecular formula is C18H12F5N3S. The number of aromatic nitrogens is 1. The maximum Gasteiger partial charge on any atom is 0.458 e. The van der Waals surface area contributed by atoms with Crippen molar-refractivity contribution >= 4 is 22.7 Å². The minimum atomic E-state index is -5.66. The number of anilines is 1. The van der Waals surface area contributed by atoms with Crippen LogP contribution in [0.15, 0.2) is 65.1 Å². The van der Waals surface area contributed by atoms with Gasteiger partial charge in [-0.15, -0.1) is 11.3 Å². The minimum absolute atomic E-state index is 0.101. The Morgan fingerprint density at radius 3 is 2.41 bits per heavy atom. The average molecular weight is 397 g/mol. The highest BCUT2D eigenvalue weighted by Crippen LogP contribution is 2.43. The number of thiazole rings is 1. The molecule has 0 aliphatic rings. The van der Waals surface area contributed by atoms with Crippen LogP contribution < -0.4 is 5.43 Å². The number of rotatable bonds is 5. The lowest BCUT2D eigenvalue weighted by atomic mass is 10.1. The van der Waals surface area contributed by atoms with Gasteiger partial charge in [-0.2, -0.15) is 27.1 Å². The molecule has 1 heterocycles. The topological polar surface area (TPSA) is 37.3 Å². The van der Waals surface area contributed by atoms with Crippen molar-refractivity contribution in [1.29, 1.82) is 0 Å². The molecule has 3 aromatic rings. The van der Waals surface area contributed by atoms with E-state index in [-0.39, 0.29) is 5.56 Å². The zero-order valence-corrected chi connectivity index (χ0v) is 14.4. The van der Waals surface area contributed by atoms with E-state index in [0.29, 0.717) is 5.13 Å². The van der Waals surface area contributed by atoms with Crippen LogP contribution in [0.3, 0.4) is 0 Å². The van der Waals surface area contributed by atoms with Gasteiger partial charge < -0.3 is 0 Å². The van der Waals surface area contributed by atoms with E-state index in [1.807, 2.05) is 35.7 Å². The highest BCUT2D eigenvalue weighted by atomic mass is 32.1. The molecule has 0 aliphatic carbocycles. The second-order valence-corrected chi connectivity index (χ2v) is 6.33. The summed E-state index contributed by atoms with van der Waals surface area (Å²) in [6, 6.07) is 13.4. The van der Waals surface area contributed by atoms with Gasteiger partial charge in [0.15, 0.2) is 0 Å². The highest BCUT2D eigenvalue weighted by molar-refractivity contribution is 7.14. The zero-order chi connectivity index (χ0) is 19.5. The zero-order valence-electron chi connectivity index (χ0n) is 13.5. The summed E-state index contributed by atoms with van der Waals surface area (Å²) in [4.78, 5) is 4.33. The van der Waals surface area contributed by atoms with Crippen molar-refractivity contribution in [3.05, 3.63) is 71.1 Å². The average Bonchev–Trinajstić information content (AvgIpc) is 3.11. The van der Waals surface area contributed by atoms with E-state index >= 15 is 0 Å². The lowest BCUT2D eigenvalue weighted by Crippen LogP contribution is -2.33. The molecule has 3 rings (SSSR count). The predicted octanol–water partition coefficient (Wildman–Crippen LogP) is 5.91. The molecule has 27 heavy (non-hydrogen) atoms. The number of alkyl halides is 5. The van der Waals surface area contributed by atoms with Crippen molar-refractivity contribution in [2.75, 3.05) is 5.43 Å². The summed E-state index contributed by atoms with van der Waals surface area (Å²) in [5.41, 5.74) is 3.27. The third-order valence-corrected chi connectivity index (χ3v) is 4.30. The lowest BCUT2D eigenvalue weighted by molar-refractivity contribution is -0.289. The quantitative estimate of drug-likeness (QED) is 0.330. The number of hydrazone groups is 1. The molecule has 1 aromatic heterocycles. The maximum absolute atomic E-state index is 13.4. The first-order valence-corrected chi connectivity index (χ1v) is 8.50. The Morgan fingerprint density at radius 1 is 0.963 bits per heavy atom. The third-order valence-electron chi connectivity index (χ3n) is 3.55. The van der Waals surface area contributed by atoms with Crippen molar-refractivity contribution in [2.24, 2.45) is 5.10 Å². The van der Waals surface area contributed by atoms with Crippen LogP contribution >= 0.6 is 11.3 Å². The first kappa shape index (κ1) is 19.0. The van der Waals surface area contributed by atoms with Gasteiger partial charge in [-0.3, -0.25) is 5.43 Å². The van der Waals surface area contributed by atoms with Crippen LogP contribution in [0, 0.1) is 0 Å². The summed E-state index contributed by atoms with van der Waals surface area (Å²) in [7, 11) is 0. The number of halogens is 5. The second kappa shape index (κ2) is 7.43. The minimum Gasteiger partial charge on any atom is -0.253 e. The Balaban J connectivity index is 1.71. The van der Waals surface area contributed by atoms with Crippen LogP contribution in [0.5, 0.6) is 0 Å². The van der Waals surface area contributed by atoms with Crippen LogP contribution in [0.1, 0.15) is 11.1 Å². The Hall–Kier alpha value is -2.81. The number of nitrogens with zero attached hydrogens (tertiary/aromatic N) is 2. The van der Waals surface area contributed by atoms with Gasteiger partial charge in [-0.1, -0.05) is 48.5 Å². The SMILES string of the molecule is FC(F)(F)C(F)(F)c1cccc(C=NNc2nc(-c3ccccc3)cs2)c1. The molecule has 9 heteroatoms. The molecule has 3 nitrogen and oxygen atoms in total. The van der Waals surface area contributed by atoms with Crippen LogP contribution in [-0.4, -0.2) is 17.4 Å². The molecule has 2 aromatic carbocycles. The van der Waals surface area contributed by atoms with Crippen LogP contribution in [0.25, 0.3) is 11.3 Å². The van der Waals surface area contributed by atoms with E-state index < -0.39 is 17.7 Å². The van der Waals surface area contributed by atoms with Gasteiger partial charge in [-0.25, -0.2) is 4.98 Å². The summed E-state index contributed by atoms with van der Waals surface area (Å²) in [6.45, 7) is 0. The largest absolute Gasteiger partial charge is 0.458 e. The predicted molar refractivity (Wildman–Crippen MR) is 95.2 cm³/mol. The van der Waals surface area contributed by atoms with Gasteiger partial charge >= 0.3 is 12.1 Å². The molecule has 0 bridgehead atoms. The summed E-state index contributed by atoms with van der Waals surface area (Å²) in [5, 5.41) is 6.13. The first-order valence-electron chi connectivity index (χ1n) is 7.62. The molecule has 0 saturated heterocycles. The lowest BCUT2D eigenvalue weighted by Gasteiger charge is -2.19. The summed E-state index contributed by atoms with van der Waals surface area (Å²) >= 11 is 1.29. The van der Waals surface area contributed by atoms with Gasteiger partial charge in [0.05, 0.1) is 11.9 Å². The maximum atomic E-state index is 13.4. The van der Waals surface area contributed by atoms with E-state index in [2.05, 4.69) is 15.5 Å². The number of hydrogen-bond acceptors (Lipinski definition) is 4. The second-order valence-electron chi connectivity index (χ2n) is 5.47. The molecule has 1 N–H and O–H groups in total. The van der Waals surface area contributed by atoms with Gasteiger partial charge in [-0.05, 0) is 11.6 Å². The molecule has 140 valence electrons. The van der Waals surface area contributed by atoms with E-state index in [0.717, 1.165) is 35.7 Å². The number of nitrogens with one attached hydrogen (secondary N) is 1. The third kappa shape index (κ3) is 4.30. The molecule has 0 fully saturated rings. The number of hydrogen-bond donors (Lipinski definition) is 1. The van der Waals surface area contributed by atoms with Crippen molar-refractivity contribution in [1.82, 2.24) is 4.98 Å². The normalized spacial score (nSPS) is 12.5. The smallest absolute Gasteiger partial charge is 0.253 e. The van der Waals surface area contributed by atoms with Gasteiger partial charge in [0.2, 0.25) is 5.13 Å². The van der Waals surface area contributed by atoms with E-state index in [1.165, 1.54) is 17.4 Å². The van der Waals surface area contributed by atoms with Crippen molar-refractivity contribution in [3.63, 3.8) is 0 Å². The molecule has 0 amide bonds. The van der Waals surface area contributed by atoms with E-state index in [9.17, 15) is 22.0 Å². The van der Waals surface area contributed by atoms with Gasteiger partial charge in [0, 0.05) is 16.5 Å². The van der Waals surface area contributed by atoms with Gasteiger partial charge in [0.25, 0.3) is 0 Å². The summed E-state index contributed by atoms with van der Waals surface area (Å²) < 4.78 is 64.2. The molecular weight excluding hydrogens is 385 g/mol. The van der Waals surface area contributed by atoms with Crippen LogP contribution in [0.4, 0.5) is 27.1 Å². The summed E-state index contributed by atoms with van der Waals surface area (Å²) in [6.07, 6.45) is -4.50.